The number of hydrogen-bond acceptors (Lipinski definition) is 7. The standard InChI is InChI=1S/C18H12NS.2C18H14N.C15H12N2.C12H11N2.C12H10N.2C11H8N.3CH4.2Ir/c1-2-7-16-13(5-1)14-9-8-12-11-19-10-4-3-6-15(19)17(12)18(14)20-16;1-2-6-14(7-3-1)15-9-10-16-13-19-11-5-4-8-18(19)17(16)12-15;1-14-12-18(16-10-6-3-7-11-16)19-13-17(14)15-8-4-2-5-9-15;1-3-7-14(8-4-1)16-11-12-17(13-16)15-9-5-2-6-10-15;1-9-6-7-14-8-10-4-2-3-5-11(10)12(14)13-9;1-2-6-11-10(5-1)9-13-8-4-3-7-12(11)13;2*1-2-6-10(7-3-1)11-8-4-5-9-12-11;;;;;/h1-10H,11H2;1-12H,13H2;2-10,12-13H,1H3;1-9,11-13H;2-7H,8H2,1H3;1-8H,9H2;2*1-6,8-9H;3*1H4;;/q2*+1;-1;-2;2*+1;2*-1;;;;;+3/i;;;;;1D,2D,3D,4D,5D,6D,7D;;;;;;;. The second-order valence-corrected chi connectivity index (χ2v) is 31.1. The van der Waals surface area contributed by atoms with E-state index >= 15 is 0 Å². The summed E-state index contributed by atoms with van der Waals surface area (Å²) in [6, 6.07) is 131. The summed E-state index contributed by atoms with van der Waals surface area (Å²) in [6.07, 6.45) is 17.4. The van der Waals surface area contributed by atoms with Gasteiger partial charge in [0.05, 0.1) is 38.0 Å². The number of anilines is 2. The van der Waals surface area contributed by atoms with E-state index in [-0.39, 0.29) is 123 Å². The maximum absolute atomic E-state index is 7.97. The number of rotatable bonds is 7. The average molecular weight is 2080 g/mol. The average Bonchev–Trinajstić information content (AvgIpc) is 1.58. The topological polar surface area (TPSA) is 73.6 Å². The van der Waals surface area contributed by atoms with Gasteiger partial charge in [-0.05, 0) is 130 Å². The van der Waals surface area contributed by atoms with Crippen LogP contribution in [0.5, 0.6) is 0 Å². The number of pyridine rings is 6. The van der Waals surface area contributed by atoms with Crippen molar-refractivity contribution in [3.63, 3.8) is 0 Å². The summed E-state index contributed by atoms with van der Waals surface area (Å²) in [5.74, 6) is 1.10. The van der Waals surface area contributed by atoms with Gasteiger partial charge in [0.2, 0.25) is 17.1 Å². The number of para-hydroxylation sites is 2. The van der Waals surface area contributed by atoms with E-state index in [9.17, 15) is 0 Å². The first-order valence-electron chi connectivity index (χ1n) is 45.2. The van der Waals surface area contributed by atoms with Crippen LogP contribution >= 0.6 is 11.3 Å². The normalized spacial score (nSPS) is 12.1. The summed E-state index contributed by atoms with van der Waals surface area (Å²) >= 11 is 1.92. The number of nitrogens with zero attached hydrogens (tertiary/aromatic N) is 10. The minimum atomic E-state index is -0.344. The molecule has 0 bridgehead atoms. The molecule has 131 heavy (non-hydrogen) atoms. The van der Waals surface area contributed by atoms with Crippen LogP contribution in [0, 0.1) is 44.8 Å². The first-order chi connectivity index (χ1) is 65.2. The van der Waals surface area contributed by atoms with E-state index < -0.39 is 0 Å². The van der Waals surface area contributed by atoms with Crippen LogP contribution in [-0.4, -0.2) is 19.9 Å². The van der Waals surface area contributed by atoms with Gasteiger partial charge in [-0.3, -0.25) is 0 Å². The van der Waals surface area contributed by atoms with Crippen molar-refractivity contribution in [2.24, 2.45) is 0 Å². The third kappa shape index (κ3) is 22.6. The molecule has 10 nitrogen and oxygen atoms in total. The summed E-state index contributed by atoms with van der Waals surface area (Å²) in [4.78, 5) is 21.7. The Hall–Kier alpha value is -14.5. The fraction of sp³-hybridized carbons (Fsp3) is 0.0763. The van der Waals surface area contributed by atoms with Crippen LogP contribution in [-0.2, 0) is 66.4 Å². The SMILES string of the molecule is C.C.C.Cc1cc(-c2[c-]cccc2)ncc1-c1ccccc1.Cc1cc[n+]2c(n1)-c1ccccc1C2.[2H]c1c[n+]2c(c([2H])c1[2H])-c1c([2H])c([2H])c([2H])c([2H])c1C2.[Ir+3].[Ir].[c-]1ccccc1-c1ccccn1.[c-]1ccccc1-c1ccccn1.[c-]1ccccc1N1C=CN(c2ccccc2)[CH-]1.c1cc[n+]2c(c1)-c1c(ccc3c1sc1ccccc13)C2.c1ccc(-c2ccc3c(c2)-c2cccc[n+]2C3)cc1. The minimum absolute atomic E-state index is 0. The molecule has 25 rings (SSSR count). The van der Waals surface area contributed by atoms with Crippen LogP contribution in [0.2, 0.25) is 0 Å². The van der Waals surface area contributed by atoms with Crippen molar-refractivity contribution in [2.45, 2.75) is 62.3 Å². The molecular formula is C118H101Ir2N10S+2. The first-order valence-corrected chi connectivity index (χ1v) is 42.6. The van der Waals surface area contributed by atoms with E-state index in [1.165, 1.54) is 99.0 Å². The fourth-order valence-electron chi connectivity index (χ4n) is 15.6. The van der Waals surface area contributed by atoms with Gasteiger partial charge in [0.15, 0.2) is 43.9 Å². The van der Waals surface area contributed by atoms with Gasteiger partial charge < -0.3 is 24.8 Å². The van der Waals surface area contributed by atoms with Crippen LogP contribution in [0.3, 0.4) is 0 Å². The van der Waals surface area contributed by atoms with Gasteiger partial charge in [-0.2, -0.15) is 44.0 Å². The molecule has 13 heterocycles. The van der Waals surface area contributed by atoms with Gasteiger partial charge in [0.25, 0.3) is 0 Å². The van der Waals surface area contributed by atoms with E-state index in [1.807, 2.05) is 218 Å². The zero-order chi connectivity index (χ0) is 91.1. The van der Waals surface area contributed by atoms with E-state index in [2.05, 4.69) is 270 Å². The predicted octanol–water partition coefficient (Wildman–Crippen LogP) is 26.7. The molecule has 8 aromatic heterocycles. The second kappa shape index (κ2) is 46.0. The zero-order valence-corrected chi connectivity index (χ0v) is 75.7. The summed E-state index contributed by atoms with van der Waals surface area (Å²) < 4.78 is 65.7. The number of fused-ring (bicyclic) bond motifs is 16. The first kappa shape index (κ1) is 84.6. The molecule has 5 aliphatic heterocycles. The van der Waals surface area contributed by atoms with Gasteiger partial charge in [-0.25, -0.2) is 4.57 Å². The Labute approximate surface area is 812 Å². The van der Waals surface area contributed by atoms with Crippen LogP contribution in [0.15, 0.2) is 450 Å². The maximum Gasteiger partial charge on any atom is 3.00 e. The Kier molecular flexibility index (Phi) is 29.7. The van der Waals surface area contributed by atoms with Crippen molar-refractivity contribution in [3.8, 4) is 101 Å². The summed E-state index contributed by atoms with van der Waals surface area (Å²) in [7, 11) is 0. The molecule has 5 aliphatic rings. The molecule has 0 saturated heterocycles. The van der Waals surface area contributed by atoms with Crippen molar-refractivity contribution in [1.82, 2.24) is 19.9 Å². The van der Waals surface area contributed by atoms with Gasteiger partial charge in [-0.1, -0.05) is 210 Å². The molecule has 0 spiro atoms. The van der Waals surface area contributed by atoms with E-state index in [0.717, 1.165) is 76.3 Å². The van der Waals surface area contributed by atoms with Crippen LogP contribution < -0.4 is 28.1 Å². The minimum Gasteiger partial charge on any atom is -0.500 e. The van der Waals surface area contributed by atoms with Crippen molar-refractivity contribution in [2.75, 3.05) is 9.80 Å². The summed E-state index contributed by atoms with van der Waals surface area (Å²) in [5.41, 5.74) is 27.4. The Bertz CT molecular complexity index is 7340. The fourth-order valence-corrected chi connectivity index (χ4v) is 16.9. The largest absolute Gasteiger partial charge is 3.00 e. The molecule has 12 aromatic carbocycles. The molecule has 0 N–H and O–H groups in total. The summed E-state index contributed by atoms with van der Waals surface area (Å²) in [6.45, 7) is 9.33. The van der Waals surface area contributed by atoms with Crippen LogP contribution in [0.1, 0.15) is 65.4 Å². The maximum atomic E-state index is 7.97. The molecule has 0 amide bonds. The van der Waals surface area contributed by atoms with Crippen LogP contribution in [0.25, 0.3) is 121 Å². The summed E-state index contributed by atoms with van der Waals surface area (Å²) in [5, 5.41) is 2.77. The third-order valence-electron chi connectivity index (χ3n) is 21.8. The Morgan fingerprint density at radius 1 is 0.374 bits per heavy atom. The molecule has 0 atom stereocenters. The van der Waals surface area contributed by atoms with Gasteiger partial charge >= 0.3 is 25.9 Å². The molecule has 13 heteroatoms. The number of hydrogen-bond donors (Lipinski definition) is 0. The van der Waals surface area contributed by atoms with Gasteiger partial charge in [0.1, 0.15) is 6.54 Å². The smallest absolute Gasteiger partial charge is 0.500 e. The Morgan fingerprint density at radius 3 is 1.58 bits per heavy atom. The second-order valence-electron chi connectivity index (χ2n) is 30.1. The third-order valence-corrected chi connectivity index (χ3v) is 23.0. The van der Waals surface area contributed by atoms with Gasteiger partial charge in [0, 0.05) is 142 Å². The van der Waals surface area contributed by atoms with E-state index in [1.54, 1.807) is 17.0 Å². The molecule has 0 unspecified atom stereocenters. The Morgan fingerprint density at radius 2 is 0.916 bits per heavy atom. The molecule has 20 aromatic rings. The number of aromatic nitrogens is 8. The van der Waals surface area contributed by atoms with Crippen molar-refractivity contribution < 1.29 is 68.1 Å². The molecule has 0 aliphatic carbocycles. The van der Waals surface area contributed by atoms with E-state index in [4.69, 9.17) is 9.60 Å². The predicted molar refractivity (Wildman–Crippen MR) is 532 cm³/mol. The van der Waals surface area contributed by atoms with Gasteiger partial charge in [-0.15, -0.1) is 131 Å². The number of thiophene rings is 1. The molecular weight excluding hydrogens is 1970 g/mol. The molecule has 0 saturated carbocycles. The molecule has 0 fully saturated rings. The quantitative estimate of drug-likeness (QED) is 0.117. The number of benzene rings is 12. The van der Waals surface area contributed by atoms with E-state index in [0.29, 0.717) is 5.56 Å². The van der Waals surface area contributed by atoms with Crippen LogP contribution in [0.4, 0.5) is 11.4 Å². The molecule has 645 valence electrons. The monoisotopic (exact) mass is 2080 g/mol. The Balaban J connectivity index is 0.000000133. The van der Waals surface area contributed by atoms with Crippen molar-refractivity contribution >= 4 is 42.9 Å². The van der Waals surface area contributed by atoms with Crippen molar-refractivity contribution in [1.29, 1.82) is 0 Å². The number of aryl methyl sites for hydroxylation is 2. The van der Waals surface area contributed by atoms with Crippen molar-refractivity contribution in [3.05, 3.63) is 514 Å². The zero-order valence-electron chi connectivity index (χ0n) is 77.1. The molecule has 1 radical (unpaired) electrons.